The van der Waals surface area contributed by atoms with Gasteiger partial charge in [-0.2, -0.15) is 5.10 Å². The lowest BCUT2D eigenvalue weighted by Crippen LogP contribution is -1.96. The number of carbonyl (C=O) groups excluding carboxylic acids is 1. The summed E-state index contributed by atoms with van der Waals surface area (Å²) in [7, 11) is 0. The highest BCUT2D eigenvalue weighted by Crippen LogP contribution is 2.30. The van der Waals surface area contributed by atoms with Gasteiger partial charge in [0.05, 0.1) is 0 Å². The predicted octanol–water partition coefficient (Wildman–Crippen LogP) is 2.38. The molecule has 2 aromatic rings. The highest BCUT2D eigenvalue weighted by molar-refractivity contribution is 5.90. The van der Waals surface area contributed by atoms with Crippen molar-refractivity contribution in [1.82, 2.24) is 10.2 Å². The second kappa shape index (κ2) is 3.88. The van der Waals surface area contributed by atoms with Crippen LogP contribution in [0.3, 0.4) is 0 Å². The van der Waals surface area contributed by atoms with Gasteiger partial charge in [0.2, 0.25) is 6.41 Å². The Morgan fingerprint density at radius 3 is 2.88 bits per heavy atom. The molecule has 0 bridgehead atoms. The first-order valence-electron chi connectivity index (χ1n) is 4.60. The number of aromatic amines is 1. The molecule has 0 radical (unpaired) electrons. The Balaban J connectivity index is 2.70. The van der Waals surface area contributed by atoms with Crippen LogP contribution >= 0.6 is 0 Å². The van der Waals surface area contributed by atoms with Gasteiger partial charge < -0.3 is 5.32 Å². The van der Waals surface area contributed by atoms with Crippen LogP contribution in [0.4, 0.5) is 14.5 Å². The molecular formula is C10H9F2N3O. The van der Waals surface area contributed by atoms with E-state index in [1.807, 2.05) is 0 Å². The van der Waals surface area contributed by atoms with Gasteiger partial charge in [-0.15, -0.1) is 0 Å². The van der Waals surface area contributed by atoms with Gasteiger partial charge in [0.15, 0.2) is 0 Å². The molecule has 1 aromatic heterocycles. The lowest BCUT2D eigenvalue weighted by molar-refractivity contribution is -0.105. The van der Waals surface area contributed by atoms with Crippen molar-refractivity contribution < 1.29 is 13.6 Å². The highest BCUT2D eigenvalue weighted by atomic mass is 19.3. The van der Waals surface area contributed by atoms with Gasteiger partial charge in [0.1, 0.15) is 5.52 Å². The Morgan fingerprint density at radius 2 is 2.25 bits per heavy atom. The van der Waals surface area contributed by atoms with E-state index < -0.39 is 6.43 Å². The Hall–Kier alpha value is -1.98. The van der Waals surface area contributed by atoms with E-state index in [0.29, 0.717) is 23.2 Å². The maximum atomic E-state index is 12.8. The SMILES string of the molecule is Cc1[nH]nc2c(C(F)F)cc(NC=O)cc12. The molecule has 84 valence electrons. The molecule has 0 fully saturated rings. The van der Waals surface area contributed by atoms with Crippen molar-refractivity contribution in [2.24, 2.45) is 0 Å². The van der Waals surface area contributed by atoms with Crippen LogP contribution in [-0.2, 0) is 4.79 Å². The quantitative estimate of drug-likeness (QED) is 0.788. The van der Waals surface area contributed by atoms with Crippen molar-refractivity contribution in [2.45, 2.75) is 13.3 Å². The van der Waals surface area contributed by atoms with Crippen LogP contribution in [0.2, 0.25) is 0 Å². The van der Waals surface area contributed by atoms with Crippen LogP contribution in [0.15, 0.2) is 12.1 Å². The number of rotatable bonds is 3. The van der Waals surface area contributed by atoms with E-state index >= 15 is 0 Å². The van der Waals surface area contributed by atoms with Gasteiger partial charge >= 0.3 is 0 Å². The van der Waals surface area contributed by atoms with E-state index in [0.717, 1.165) is 0 Å². The van der Waals surface area contributed by atoms with Gasteiger partial charge in [-0.3, -0.25) is 9.89 Å². The van der Waals surface area contributed by atoms with E-state index in [-0.39, 0.29) is 11.1 Å². The van der Waals surface area contributed by atoms with Crippen molar-refractivity contribution in [2.75, 3.05) is 5.32 Å². The molecule has 1 amide bonds. The molecule has 16 heavy (non-hydrogen) atoms. The normalized spacial score (nSPS) is 11.0. The minimum absolute atomic E-state index is 0.189. The predicted molar refractivity (Wildman–Crippen MR) is 55.5 cm³/mol. The topological polar surface area (TPSA) is 57.8 Å². The number of alkyl halides is 2. The van der Waals surface area contributed by atoms with E-state index in [1.54, 1.807) is 13.0 Å². The molecule has 0 aliphatic carbocycles. The molecule has 1 aromatic carbocycles. The van der Waals surface area contributed by atoms with E-state index in [4.69, 9.17) is 0 Å². The fraction of sp³-hybridized carbons (Fsp3) is 0.200. The second-order valence-electron chi connectivity index (χ2n) is 3.37. The zero-order valence-corrected chi connectivity index (χ0v) is 8.42. The summed E-state index contributed by atoms with van der Waals surface area (Å²) in [5.74, 6) is 0. The molecule has 0 atom stereocenters. The maximum Gasteiger partial charge on any atom is 0.266 e. The van der Waals surface area contributed by atoms with Crippen LogP contribution in [0.1, 0.15) is 17.7 Å². The number of aryl methyl sites for hydroxylation is 1. The zero-order chi connectivity index (χ0) is 11.7. The number of halogens is 2. The zero-order valence-electron chi connectivity index (χ0n) is 8.42. The van der Waals surface area contributed by atoms with Crippen LogP contribution in [0.25, 0.3) is 10.9 Å². The first-order chi connectivity index (χ1) is 7.63. The lowest BCUT2D eigenvalue weighted by Gasteiger charge is -2.05. The smallest absolute Gasteiger partial charge is 0.266 e. The van der Waals surface area contributed by atoms with Crippen molar-refractivity contribution in [3.8, 4) is 0 Å². The monoisotopic (exact) mass is 225 g/mol. The standard InChI is InChI=1S/C10H9F2N3O/c1-5-7-2-6(13-4-16)3-8(10(11)12)9(7)15-14-5/h2-4,10H,1H3,(H,13,16)(H,14,15). The fourth-order valence-corrected chi connectivity index (χ4v) is 1.59. The third-order valence-corrected chi connectivity index (χ3v) is 2.34. The Morgan fingerprint density at radius 1 is 1.50 bits per heavy atom. The summed E-state index contributed by atoms with van der Waals surface area (Å²) in [4.78, 5) is 10.3. The number of nitrogens with one attached hydrogen (secondary N) is 2. The number of amides is 1. The molecule has 0 aliphatic rings. The summed E-state index contributed by atoms with van der Waals surface area (Å²) in [6.07, 6.45) is -2.18. The Bertz CT molecular complexity index is 536. The summed E-state index contributed by atoms with van der Waals surface area (Å²) in [6.45, 7) is 1.73. The number of H-pyrrole nitrogens is 1. The van der Waals surface area contributed by atoms with E-state index in [1.165, 1.54) is 6.07 Å². The third kappa shape index (κ3) is 1.62. The fourth-order valence-electron chi connectivity index (χ4n) is 1.59. The minimum Gasteiger partial charge on any atom is -0.329 e. The molecule has 2 N–H and O–H groups in total. The maximum absolute atomic E-state index is 12.8. The first kappa shape index (κ1) is 10.5. The summed E-state index contributed by atoms with van der Waals surface area (Å²) in [6, 6.07) is 2.83. The van der Waals surface area contributed by atoms with Crippen molar-refractivity contribution in [1.29, 1.82) is 0 Å². The summed E-state index contributed by atoms with van der Waals surface area (Å²) in [5.41, 5.74) is 1.07. The Kier molecular flexibility index (Phi) is 2.55. The minimum atomic E-state index is -2.63. The van der Waals surface area contributed by atoms with Crippen LogP contribution in [0.5, 0.6) is 0 Å². The average Bonchev–Trinajstić information content (AvgIpc) is 2.60. The summed E-state index contributed by atoms with van der Waals surface area (Å²) < 4.78 is 25.5. The van der Waals surface area contributed by atoms with Crippen molar-refractivity contribution in [3.05, 3.63) is 23.4 Å². The van der Waals surface area contributed by atoms with E-state index in [9.17, 15) is 13.6 Å². The summed E-state index contributed by atoms with van der Waals surface area (Å²) in [5, 5.41) is 9.40. The van der Waals surface area contributed by atoms with E-state index in [2.05, 4.69) is 15.5 Å². The summed E-state index contributed by atoms with van der Waals surface area (Å²) >= 11 is 0. The molecule has 0 unspecified atom stereocenters. The van der Waals surface area contributed by atoms with Gasteiger partial charge in [0, 0.05) is 22.3 Å². The molecule has 0 spiro atoms. The van der Waals surface area contributed by atoms with Crippen molar-refractivity contribution in [3.63, 3.8) is 0 Å². The number of anilines is 1. The van der Waals surface area contributed by atoms with Gasteiger partial charge in [-0.25, -0.2) is 8.78 Å². The number of hydrogen-bond donors (Lipinski definition) is 2. The average molecular weight is 225 g/mol. The van der Waals surface area contributed by atoms with Gasteiger partial charge in [0.25, 0.3) is 6.43 Å². The largest absolute Gasteiger partial charge is 0.329 e. The Labute approximate surface area is 89.6 Å². The molecule has 6 heteroatoms. The number of fused-ring (bicyclic) bond motifs is 1. The molecular weight excluding hydrogens is 216 g/mol. The number of hydrogen-bond acceptors (Lipinski definition) is 2. The number of carbonyl (C=O) groups is 1. The van der Waals surface area contributed by atoms with Gasteiger partial charge in [-0.05, 0) is 19.1 Å². The lowest BCUT2D eigenvalue weighted by atomic mass is 10.1. The second-order valence-corrected chi connectivity index (χ2v) is 3.37. The van der Waals surface area contributed by atoms with Crippen LogP contribution in [-0.4, -0.2) is 16.6 Å². The molecule has 1 heterocycles. The van der Waals surface area contributed by atoms with Crippen LogP contribution < -0.4 is 5.32 Å². The molecule has 2 rings (SSSR count). The number of nitrogens with zero attached hydrogens (tertiary/aromatic N) is 1. The first-order valence-corrected chi connectivity index (χ1v) is 4.60. The third-order valence-electron chi connectivity index (χ3n) is 2.34. The molecule has 0 saturated heterocycles. The number of aromatic nitrogens is 2. The van der Waals surface area contributed by atoms with Crippen molar-refractivity contribution >= 4 is 23.0 Å². The van der Waals surface area contributed by atoms with Gasteiger partial charge in [-0.1, -0.05) is 0 Å². The number of benzene rings is 1. The molecule has 0 saturated carbocycles. The molecule has 4 nitrogen and oxygen atoms in total. The molecule has 0 aliphatic heterocycles. The van der Waals surface area contributed by atoms with Crippen LogP contribution in [0, 0.1) is 6.92 Å². The highest BCUT2D eigenvalue weighted by Gasteiger charge is 2.16.